The third kappa shape index (κ3) is 4.07. The number of fused-ring (bicyclic) bond motifs is 1. The molecule has 2 N–H and O–H groups in total. The van der Waals surface area contributed by atoms with Crippen molar-refractivity contribution in [3.8, 4) is 0 Å². The number of imide groups is 1. The summed E-state index contributed by atoms with van der Waals surface area (Å²) in [7, 11) is 0. The van der Waals surface area contributed by atoms with Gasteiger partial charge in [-0.1, -0.05) is 72.8 Å². The number of amides is 3. The highest BCUT2D eigenvalue weighted by molar-refractivity contribution is 6.04. The molecule has 0 aromatic heterocycles. The van der Waals surface area contributed by atoms with E-state index < -0.39 is 6.04 Å². The molecule has 0 aliphatic carbocycles. The highest BCUT2D eigenvalue weighted by atomic mass is 16.2. The molecule has 3 aromatic rings. The second-order valence-electron chi connectivity index (χ2n) is 7.76. The third-order valence-corrected chi connectivity index (χ3v) is 5.74. The molecule has 1 aliphatic rings. The van der Waals surface area contributed by atoms with Crippen LogP contribution in [0.4, 0.5) is 4.79 Å². The van der Waals surface area contributed by atoms with Crippen LogP contribution in [0.2, 0.25) is 0 Å². The van der Waals surface area contributed by atoms with Crippen LogP contribution in [0.25, 0.3) is 10.8 Å². The van der Waals surface area contributed by atoms with Crippen molar-refractivity contribution in [3.05, 3.63) is 83.9 Å². The van der Waals surface area contributed by atoms with Crippen LogP contribution in [0.5, 0.6) is 0 Å². The van der Waals surface area contributed by atoms with E-state index in [9.17, 15) is 9.59 Å². The Labute approximate surface area is 177 Å². The largest absolute Gasteiger partial charge is 0.330 e. The van der Waals surface area contributed by atoms with Crippen LogP contribution >= 0.6 is 0 Å². The first-order valence-corrected chi connectivity index (χ1v) is 10.5. The molecule has 154 valence electrons. The fourth-order valence-electron chi connectivity index (χ4n) is 4.16. The normalized spacial score (nSPS) is 16.6. The predicted molar refractivity (Wildman–Crippen MR) is 119 cm³/mol. The van der Waals surface area contributed by atoms with Crippen LogP contribution in [-0.2, 0) is 17.9 Å². The first kappa shape index (κ1) is 20.1. The summed E-state index contributed by atoms with van der Waals surface area (Å²) in [4.78, 5) is 29.7. The summed E-state index contributed by atoms with van der Waals surface area (Å²) in [6, 6.07) is 23.3. The molecule has 5 nitrogen and oxygen atoms in total. The molecule has 1 fully saturated rings. The van der Waals surface area contributed by atoms with Crippen molar-refractivity contribution in [2.24, 2.45) is 5.73 Å². The van der Waals surface area contributed by atoms with Gasteiger partial charge < -0.3 is 10.6 Å². The fourth-order valence-corrected chi connectivity index (χ4v) is 4.16. The Hall–Kier alpha value is -3.18. The number of carbonyl (C=O) groups is 2. The fraction of sp³-hybridized carbons (Fsp3) is 0.280. The molecule has 5 heteroatoms. The quantitative estimate of drug-likeness (QED) is 0.452. The molecule has 0 saturated carbocycles. The van der Waals surface area contributed by atoms with Gasteiger partial charge in [0.25, 0.3) is 5.91 Å². The molecule has 30 heavy (non-hydrogen) atoms. The molecular formula is C25H27N3O2. The minimum atomic E-state index is -0.438. The van der Waals surface area contributed by atoms with Crippen LogP contribution in [0.3, 0.4) is 0 Å². The lowest BCUT2D eigenvalue weighted by Crippen LogP contribution is -2.34. The monoisotopic (exact) mass is 401 g/mol. The molecule has 4 rings (SSSR count). The number of carbonyl (C=O) groups excluding carboxylic acids is 2. The van der Waals surface area contributed by atoms with Gasteiger partial charge >= 0.3 is 6.03 Å². The molecule has 0 radical (unpaired) electrons. The lowest BCUT2D eigenvalue weighted by Gasteiger charge is -2.23. The van der Waals surface area contributed by atoms with E-state index in [4.69, 9.17) is 5.73 Å². The second kappa shape index (κ2) is 9.09. The summed E-state index contributed by atoms with van der Waals surface area (Å²) >= 11 is 0. The van der Waals surface area contributed by atoms with E-state index in [1.807, 2.05) is 54.6 Å². The maximum atomic E-state index is 13.3. The molecule has 3 amide bonds. The molecule has 0 bridgehead atoms. The van der Waals surface area contributed by atoms with Crippen LogP contribution in [0.15, 0.2) is 72.8 Å². The van der Waals surface area contributed by atoms with E-state index in [1.165, 1.54) is 4.90 Å². The summed E-state index contributed by atoms with van der Waals surface area (Å²) in [5.74, 6) is -0.110. The van der Waals surface area contributed by atoms with Gasteiger partial charge in [0.05, 0.1) is 6.54 Å². The molecule has 0 spiro atoms. The minimum Gasteiger partial charge on any atom is -0.330 e. The van der Waals surface area contributed by atoms with Crippen molar-refractivity contribution in [2.45, 2.75) is 38.4 Å². The molecule has 1 atom stereocenters. The number of rotatable bonds is 8. The maximum absolute atomic E-state index is 13.3. The first-order chi connectivity index (χ1) is 14.7. The second-order valence-corrected chi connectivity index (χ2v) is 7.76. The van der Waals surface area contributed by atoms with E-state index >= 15 is 0 Å². The number of unbranched alkanes of at least 4 members (excludes halogenated alkanes) is 1. The number of nitrogens with two attached hydrogens (primary N) is 1. The zero-order valence-electron chi connectivity index (χ0n) is 17.0. The zero-order chi connectivity index (χ0) is 20.9. The number of hydrogen-bond donors (Lipinski definition) is 1. The highest BCUT2D eigenvalue weighted by Crippen LogP contribution is 2.28. The molecule has 1 aliphatic heterocycles. The molecule has 3 aromatic carbocycles. The van der Waals surface area contributed by atoms with E-state index in [0.717, 1.165) is 34.7 Å². The Morgan fingerprint density at radius 1 is 0.800 bits per heavy atom. The summed E-state index contributed by atoms with van der Waals surface area (Å²) in [5, 5.41) is 2.25. The van der Waals surface area contributed by atoms with Gasteiger partial charge in [0.2, 0.25) is 0 Å². The van der Waals surface area contributed by atoms with E-state index in [-0.39, 0.29) is 11.9 Å². The summed E-state index contributed by atoms with van der Waals surface area (Å²) in [6.45, 7) is 1.31. The number of hydrogen-bond acceptors (Lipinski definition) is 3. The number of nitrogens with zero attached hydrogens (tertiary/aromatic N) is 2. The van der Waals surface area contributed by atoms with Crippen molar-refractivity contribution >= 4 is 22.7 Å². The van der Waals surface area contributed by atoms with Gasteiger partial charge in [-0.25, -0.2) is 4.79 Å². The Morgan fingerprint density at radius 3 is 2.33 bits per heavy atom. The third-order valence-electron chi connectivity index (χ3n) is 5.74. The van der Waals surface area contributed by atoms with Crippen LogP contribution in [-0.4, -0.2) is 34.3 Å². The topological polar surface area (TPSA) is 66.6 Å². The zero-order valence-corrected chi connectivity index (χ0v) is 17.0. The smallest absolute Gasteiger partial charge is 0.328 e. The average molecular weight is 402 g/mol. The summed E-state index contributed by atoms with van der Waals surface area (Å²) in [6.07, 6.45) is 2.31. The van der Waals surface area contributed by atoms with Gasteiger partial charge in [-0.3, -0.25) is 9.69 Å². The van der Waals surface area contributed by atoms with E-state index in [1.54, 1.807) is 4.90 Å². The van der Waals surface area contributed by atoms with Crippen molar-refractivity contribution < 1.29 is 9.59 Å². The molecular weight excluding hydrogens is 374 g/mol. The van der Waals surface area contributed by atoms with E-state index in [0.29, 0.717) is 26.1 Å². The summed E-state index contributed by atoms with van der Waals surface area (Å²) in [5.41, 5.74) is 7.66. The number of benzene rings is 3. The van der Waals surface area contributed by atoms with Crippen molar-refractivity contribution in [2.75, 3.05) is 6.54 Å². The minimum absolute atomic E-state index is 0.110. The Morgan fingerprint density at radius 2 is 1.53 bits per heavy atom. The van der Waals surface area contributed by atoms with Gasteiger partial charge in [0.15, 0.2) is 0 Å². The Kier molecular flexibility index (Phi) is 6.10. The molecule has 0 unspecified atom stereocenters. The SMILES string of the molecule is NCCCC[C@H]1C(=O)N(Cc2ccccc2)C(=O)N1Cc1cccc2ccccc12. The van der Waals surface area contributed by atoms with Gasteiger partial charge in [-0.2, -0.15) is 0 Å². The van der Waals surface area contributed by atoms with Crippen LogP contribution in [0.1, 0.15) is 30.4 Å². The Balaban J connectivity index is 1.62. The van der Waals surface area contributed by atoms with Gasteiger partial charge in [0.1, 0.15) is 6.04 Å². The highest BCUT2D eigenvalue weighted by Gasteiger charge is 2.44. The summed E-state index contributed by atoms with van der Waals surface area (Å²) < 4.78 is 0. The lowest BCUT2D eigenvalue weighted by molar-refractivity contribution is -0.129. The molecule has 1 saturated heterocycles. The van der Waals surface area contributed by atoms with Crippen molar-refractivity contribution in [1.82, 2.24) is 9.80 Å². The predicted octanol–water partition coefficient (Wildman–Crippen LogP) is 4.30. The average Bonchev–Trinajstić information content (AvgIpc) is 2.99. The van der Waals surface area contributed by atoms with Gasteiger partial charge in [-0.05, 0) is 47.7 Å². The first-order valence-electron chi connectivity index (χ1n) is 10.5. The van der Waals surface area contributed by atoms with Crippen LogP contribution < -0.4 is 5.73 Å². The number of urea groups is 1. The molecule has 1 heterocycles. The maximum Gasteiger partial charge on any atom is 0.328 e. The standard InChI is InChI=1S/C25H27N3O2/c26-16-7-6-15-23-24(29)28(17-19-9-2-1-3-10-19)25(30)27(23)18-21-13-8-12-20-11-4-5-14-22(20)21/h1-5,8-14,23H,6-7,15-18,26H2/t23-/m0/s1. The van der Waals surface area contributed by atoms with E-state index in [2.05, 4.69) is 18.2 Å². The van der Waals surface area contributed by atoms with Gasteiger partial charge in [0, 0.05) is 6.54 Å². The van der Waals surface area contributed by atoms with Gasteiger partial charge in [-0.15, -0.1) is 0 Å². The van der Waals surface area contributed by atoms with Crippen LogP contribution in [0, 0.1) is 0 Å². The van der Waals surface area contributed by atoms with Crippen molar-refractivity contribution in [3.63, 3.8) is 0 Å². The lowest BCUT2D eigenvalue weighted by atomic mass is 10.0. The Bertz CT molecular complexity index is 1030. The van der Waals surface area contributed by atoms with Crippen molar-refractivity contribution in [1.29, 1.82) is 0 Å².